The fourth-order valence-corrected chi connectivity index (χ4v) is 1.46. The second-order valence-electron chi connectivity index (χ2n) is 3.82. The van der Waals surface area contributed by atoms with Gasteiger partial charge in [0.15, 0.2) is 0 Å². The summed E-state index contributed by atoms with van der Waals surface area (Å²) in [6, 6.07) is 6.61. The largest absolute Gasteiger partial charge is 0.465 e. The van der Waals surface area contributed by atoms with Gasteiger partial charge in [-0.1, -0.05) is 0 Å². The SMILES string of the molecule is CNCCCC(=O)Nc1ccc(C(=O)OC)cc1. The van der Waals surface area contributed by atoms with Crippen molar-refractivity contribution in [2.24, 2.45) is 0 Å². The minimum absolute atomic E-state index is 0.0314. The zero-order valence-electron chi connectivity index (χ0n) is 10.7. The lowest BCUT2D eigenvalue weighted by molar-refractivity contribution is -0.116. The number of rotatable bonds is 6. The summed E-state index contributed by atoms with van der Waals surface area (Å²) in [5, 5.41) is 5.75. The van der Waals surface area contributed by atoms with Crippen molar-refractivity contribution >= 4 is 17.6 Å². The highest BCUT2D eigenvalue weighted by molar-refractivity contribution is 5.92. The summed E-state index contributed by atoms with van der Waals surface area (Å²) in [6.07, 6.45) is 1.27. The molecular formula is C13H18N2O3. The number of anilines is 1. The normalized spacial score (nSPS) is 9.89. The number of methoxy groups -OCH3 is 1. The zero-order chi connectivity index (χ0) is 13.4. The van der Waals surface area contributed by atoms with Crippen molar-refractivity contribution in [2.75, 3.05) is 26.0 Å². The lowest BCUT2D eigenvalue weighted by Gasteiger charge is -2.06. The van der Waals surface area contributed by atoms with Crippen LogP contribution in [0.15, 0.2) is 24.3 Å². The van der Waals surface area contributed by atoms with Crippen molar-refractivity contribution in [1.29, 1.82) is 0 Å². The first-order valence-electron chi connectivity index (χ1n) is 5.80. The first-order valence-corrected chi connectivity index (χ1v) is 5.80. The molecule has 1 aromatic carbocycles. The standard InChI is InChI=1S/C13H18N2O3/c1-14-9-3-4-12(16)15-11-7-5-10(6-8-11)13(17)18-2/h5-8,14H,3-4,9H2,1-2H3,(H,15,16). The topological polar surface area (TPSA) is 67.4 Å². The molecule has 18 heavy (non-hydrogen) atoms. The van der Waals surface area contributed by atoms with Crippen LogP contribution < -0.4 is 10.6 Å². The molecule has 1 aromatic rings. The van der Waals surface area contributed by atoms with Gasteiger partial charge in [0.2, 0.25) is 5.91 Å². The van der Waals surface area contributed by atoms with Crippen LogP contribution in [0.3, 0.4) is 0 Å². The second kappa shape index (κ2) is 7.45. The van der Waals surface area contributed by atoms with Crippen molar-refractivity contribution in [3.8, 4) is 0 Å². The zero-order valence-corrected chi connectivity index (χ0v) is 10.7. The fraction of sp³-hybridized carbons (Fsp3) is 0.385. The Labute approximate surface area is 107 Å². The van der Waals surface area contributed by atoms with E-state index in [4.69, 9.17) is 0 Å². The lowest BCUT2D eigenvalue weighted by atomic mass is 10.2. The summed E-state index contributed by atoms with van der Waals surface area (Å²) in [7, 11) is 3.18. The van der Waals surface area contributed by atoms with E-state index in [9.17, 15) is 9.59 Å². The molecule has 0 bridgehead atoms. The summed E-state index contributed by atoms with van der Waals surface area (Å²) in [5.41, 5.74) is 1.14. The Morgan fingerprint density at radius 2 is 1.89 bits per heavy atom. The highest BCUT2D eigenvalue weighted by Crippen LogP contribution is 2.10. The van der Waals surface area contributed by atoms with Gasteiger partial charge in [0.25, 0.3) is 0 Å². The fourth-order valence-electron chi connectivity index (χ4n) is 1.46. The molecule has 0 saturated carbocycles. The van der Waals surface area contributed by atoms with E-state index < -0.39 is 0 Å². The third kappa shape index (κ3) is 4.55. The van der Waals surface area contributed by atoms with Crippen molar-refractivity contribution < 1.29 is 14.3 Å². The predicted octanol–water partition coefficient (Wildman–Crippen LogP) is 1.41. The van der Waals surface area contributed by atoms with Crippen molar-refractivity contribution in [2.45, 2.75) is 12.8 Å². The van der Waals surface area contributed by atoms with Crippen molar-refractivity contribution in [1.82, 2.24) is 5.32 Å². The van der Waals surface area contributed by atoms with Gasteiger partial charge in [0, 0.05) is 12.1 Å². The third-order valence-corrected chi connectivity index (χ3v) is 2.42. The molecule has 0 unspecified atom stereocenters. The molecule has 0 fully saturated rings. The quantitative estimate of drug-likeness (QED) is 0.591. The Bertz CT molecular complexity index is 401. The van der Waals surface area contributed by atoms with Crippen LogP contribution in [0, 0.1) is 0 Å². The molecule has 0 aliphatic carbocycles. The molecule has 0 radical (unpaired) electrons. The second-order valence-corrected chi connectivity index (χ2v) is 3.82. The van der Waals surface area contributed by atoms with E-state index in [1.165, 1.54) is 7.11 Å². The van der Waals surface area contributed by atoms with Gasteiger partial charge in [0.1, 0.15) is 0 Å². The molecule has 5 nitrogen and oxygen atoms in total. The van der Waals surface area contributed by atoms with Gasteiger partial charge >= 0.3 is 5.97 Å². The highest BCUT2D eigenvalue weighted by Gasteiger charge is 2.06. The minimum atomic E-state index is -0.387. The van der Waals surface area contributed by atoms with E-state index in [1.807, 2.05) is 7.05 Å². The van der Waals surface area contributed by atoms with Gasteiger partial charge in [0.05, 0.1) is 12.7 Å². The van der Waals surface area contributed by atoms with Crippen LogP contribution in [0.4, 0.5) is 5.69 Å². The van der Waals surface area contributed by atoms with Crippen LogP contribution in [-0.2, 0) is 9.53 Å². The van der Waals surface area contributed by atoms with E-state index in [2.05, 4.69) is 15.4 Å². The first-order chi connectivity index (χ1) is 8.67. The first kappa shape index (κ1) is 14.2. The van der Waals surface area contributed by atoms with Crippen molar-refractivity contribution in [3.63, 3.8) is 0 Å². The minimum Gasteiger partial charge on any atom is -0.465 e. The molecule has 2 N–H and O–H groups in total. The average molecular weight is 250 g/mol. The van der Waals surface area contributed by atoms with Crippen molar-refractivity contribution in [3.05, 3.63) is 29.8 Å². The van der Waals surface area contributed by atoms with Gasteiger partial charge < -0.3 is 15.4 Å². The van der Waals surface area contributed by atoms with Crippen LogP contribution in [0.5, 0.6) is 0 Å². The lowest BCUT2D eigenvalue weighted by Crippen LogP contribution is -2.15. The highest BCUT2D eigenvalue weighted by atomic mass is 16.5. The molecule has 98 valence electrons. The molecular weight excluding hydrogens is 232 g/mol. The van der Waals surface area contributed by atoms with E-state index >= 15 is 0 Å². The van der Waals surface area contributed by atoms with E-state index in [1.54, 1.807) is 24.3 Å². The maximum atomic E-state index is 11.5. The third-order valence-electron chi connectivity index (χ3n) is 2.42. The maximum Gasteiger partial charge on any atom is 0.337 e. The summed E-state index contributed by atoms with van der Waals surface area (Å²) in [6.45, 7) is 0.814. The molecule has 0 aromatic heterocycles. The number of hydrogen-bond acceptors (Lipinski definition) is 4. The Kier molecular flexibility index (Phi) is 5.87. The van der Waals surface area contributed by atoms with Gasteiger partial charge in [-0.25, -0.2) is 4.79 Å². The predicted molar refractivity (Wildman–Crippen MR) is 69.6 cm³/mol. The molecule has 0 spiro atoms. The maximum absolute atomic E-state index is 11.5. The Balaban J connectivity index is 2.48. The molecule has 1 amide bonds. The molecule has 0 aliphatic rings. The molecule has 0 atom stereocenters. The number of esters is 1. The van der Waals surface area contributed by atoms with Gasteiger partial charge in [-0.05, 0) is 44.3 Å². The molecule has 1 rings (SSSR count). The van der Waals surface area contributed by atoms with Crippen LogP contribution in [0.1, 0.15) is 23.2 Å². The van der Waals surface area contributed by atoms with E-state index in [-0.39, 0.29) is 11.9 Å². The number of amides is 1. The van der Waals surface area contributed by atoms with E-state index in [0.29, 0.717) is 17.7 Å². The number of ether oxygens (including phenoxy) is 1. The van der Waals surface area contributed by atoms with Gasteiger partial charge in [-0.15, -0.1) is 0 Å². The molecule has 0 saturated heterocycles. The van der Waals surface area contributed by atoms with Crippen LogP contribution in [0.25, 0.3) is 0 Å². The monoisotopic (exact) mass is 250 g/mol. The van der Waals surface area contributed by atoms with Crippen LogP contribution in [-0.4, -0.2) is 32.6 Å². The summed E-state index contributed by atoms with van der Waals surface area (Å²) >= 11 is 0. The Hall–Kier alpha value is -1.88. The Morgan fingerprint density at radius 1 is 1.22 bits per heavy atom. The number of benzene rings is 1. The number of nitrogens with one attached hydrogen (secondary N) is 2. The van der Waals surface area contributed by atoms with Crippen LogP contribution in [0.2, 0.25) is 0 Å². The molecule has 0 heterocycles. The van der Waals surface area contributed by atoms with E-state index in [0.717, 1.165) is 13.0 Å². The smallest absolute Gasteiger partial charge is 0.337 e. The van der Waals surface area contributed by atoms with Gasteiger partial charge in [-0.3, -0.25) is 4.79 Å². The Morgan fingerprint density at radius 3 is 2.44 bits per heavy atom. The summed E-state index contributed by atoms with van der Waals surface area (Å²) in [4.78, 5) is 22.7. The van der Waals surface area contributed by atoms with Crippen LogP contribution >= 0.6 is 0 Å². The number of hydrogen-bond donors (Lipinski definition) is 2. The average Bonchev–Trinajstić information content (AvgIpc) is 2.39. The summed E-state index contributed by atoms with van der Waals surface area (Å²) in [5.74, 6) is -0.419. The molecule has 5 heteroatoms. The summed E-state index contributed by atoms with van der Waals surface area (Å²) < 4.78 is 4.59. The number of carbonyl (C=O) groups is 2. The molecule has 0 aliphatic heterocycles. The van der Waals surface area contributed by atoms with Gasteiger partial charge in [-0.2, -0.15) is 0 Å². The number of carbonyl (C=O) groups excluding carboxylic acids is 2.